The van der Waals surface area contributed by atoms with Crippen molar-refractivity contribution in [2.24, 2.45) is 0 Å². The summed E-state index contributed by atoms with van der Waals surface area (Å²) in [5.41, 5.74) is 1.13. The molecule has 1 N–H and O–H groups in total. The molecule has 8 heteroatoms. The van der Waals surface area contributed by atoms with Crippen molar-refractivity contribution in [2.45, 2.75) is 70.9 Å². The molecule has 2 atom stereocenters. The predicted molar refractivity (Wildman–Crippen MR) is 153 cm³/mol. The van der Waals surface area contributed by atoms with Crippen molar-refractivity contribution in [3.63, 3.8) is 0 Å². The van der Waals surface area contributed by atoms with Gasteiger partial charge in [0, 0.05) is 18.7 Å². The number of rotatable bonds is 14. The number of benzene rings is 2. The van der Waals surface area contributed by atoms with Crippen LogP contribution in [0.4, 0.5) is 0 Å². The number of nitrogens with zero attached hydrogens (tertiary/aromatic N) is 1. The summed E-state index contributed by atoms with van der Waals surface area (Å²) in [6.07, 6.45) is 6.63. The van der Waals surface area contributed by atoms with E-state index in [9.17, 15) is 14.7 Å². The van der Waals surface area contributed by atoms with Crippen LogP contribution in [-0.4, -0.2) is 61.3 Å². The number of carbonyl (C=O) groups excluding carboxylic acids is 2. The van der Waals surface area contributed by atoms with Gasteiger partial charge < -0.3 is 29.0 Å². The molecule has 216 valence electrons. The highest BCUT2D eigenvalue weighted by atomic mass is 16.5. The number of ether oxygens (including phenoxy) is 4. The number of aliphatic hydroxyl groups is 1. The smallest absolute Gasteiger partial charge is 0.295 e. The van der Waals surface area contributed by atoms with Gasteiger partial charge in [-0.3, -0.25) is 9.59 Å². The highest BCUT2D eigenvalue weighted by molar-refractivity contribution is 6.46. The van der Waals surface area contributed by atoms with Crippen LogP contribution >= 0.6 is 0 Å². The average Bonchev–Trinajstić information content (AvgIpc) is 3.58. The first-order chi connectivity index (χ1) is 19.5. The summed E-state index contributed by atoms with van der Waals surface area (Å²) in [7, 11) is 1.56. The molecule has 2 aromatic carbocycles. The van der Waals surface area contributed by atoms with Gasteiger partial charge in [0.25, 0.3) is 11.7 Å². The largest absolute Gasteiger partial charge is 0.507 e. The van der Waals surface area contributed by atoms with Crippen LogP contribution in [0.3, 0.4) is 0 Å². The van der Waals surface area contributed by atoms with Gasteiger partial charge in [-0.05, 0) is 67.6 Å². The fraction of sp³-hybridized carbons (Fsp3) is 0.500. The maximum Gasteiger partial charge on any atom is 0.295 e. The molecule has 0 saturated carbocycles. The SMILES string of the molecule is CCCCCOc1ccc(C2C(=C(O)c3ccc(OCCCC)cc3)C(=O)C(=O)N2CC2CCCO2)cc1OC. The van der Waals surface area contributed by atoms with E-state index in [4.69, 9.17) is 18.9 Å². The molecule has 2 aliphatic heterocycles. The normalized spacial score (nSPS) is 20.2. The van der Waals surface area contributed by atoms with E-state index in [1.165, 1.54) is 4.90 Å². The molecule has 2 fully saturated rings. The van der Waals surface area contributed by atoms with Crippen LogP contribution in [0.25, 0.3) is 5.76 Å². The molecule has 2 unspecified atom stereocenters. The summed E-state index contributed by atoms with van der Waals surface area (Å²) in [5.74, 6) is 0.183. The van der Waals surface area contributed by atoms with Gasteiger partial charge >= 0.3 is 0 Å². The summed E-state index contributed by atoms with van der Waals surface area (Å²) in [4.78, 5) is 28.3. The van der Waals surface area contributed by atoms with Crippen molar-refractivity contribution in [1.29, 1.82) is 0 Å². The Morgan fingerprint density at radius 2 is 1.73 bits per heavy atom. The van der Waals surface area contributed by atoms with E-state index in [2.05, 4.69) is 13.8 Å². The number of amides is 1. The van der Waals surface area contributed by atoms with Crippen molar-refractivity contribution in [1.82, 2.24) is 4.90 Å². The van der Waals surface area contributed by atoms with Gasteiger partial charge in [-0.15, -0.1) is 0 Å². The maximum atomic E-state index is 13.4. The standard InChI is InChI=1S/C32H41NO7/c1-4-6-8-18-40-26-16-13-23(20-27(26)37-3)29-28(31(35)32(36)33(29)21-25-10-9-19-39-25)30(34)22-11-14-24(15-12-22)38-17-7-5-2/h11-16,20,25,29,34H,4-10,17-19,21H2,1-3H3. The number of Topliss-reactive ketones (excluding diaryl/α,β-unsaturated/α-hetero) is 1. The molecule has 40 heavy (non-hydrogen) atoms. The van der Waals surface area contributed by atoms with Crippen molar-refractivity contribution in [2.75, 3.05) is 33.5 Å². The van der Waals surface area contributed by atoms with Crippen molar-refractivity contribution in [3.05, 3.63) is 59.2 Å². The Morgan fingerprint density at radius 1 is 0.975 bits per heavy atom. The molecule has 1 amide bonds. The minimum absolute atomic E-state index is 0.0429. The Hall–Kier alpha value is -3.52. The number of likely N-dealkylation sites (tertiary alicyclic amines) is 1. The molecule has 0 spiro atoms. The van der Waals surface area contributed by atoms with Crippen molar-refractivity contribution in [3.8, 4) is 17.2 Å². The van der Waals surface area contributed by atoms with Gasteiger partial charge in [-0.1, -0.05) is 39.2 Å². The Morgan fingerprint density at radius 3 is 2.40 bits per heavy atom. The van der Waals surface area contributed by atoms with Crippen LogP contribution in [0.15, 0.2) is 48.0 Å². The first-order valence-electron chi connectivity index (χ1n) is 14.4. The molecule has 0 radical (unpaired) electrons. The van der Waals surface area contributed by atoms with Gasteiger partial charge in [-0.2, -0.15) is 0 Å². The lowest BCUT2D eigenvalue weighted by atomic mass is 9.94. The van der Waals surface area contributed by atoms with E-state index in [1.54, 1.807) is 43.5 Å². The minimum atomic E-state index is -0.798. The second kappa shape index (κ2) is 14.2. The van der Waals surface area contributed by atoms with Crippen LogP contribution in [0.1, 0.15) is 76.0 Å². The fourth-order valence-electron chi connectivity index (χ4n) is 5.13. The first kappa shape index (κ1) is 29.5. The van der Waals surface area contributed by atoms with Gasteiger partial charge in [-0.25, -0.2) is 0 Å². The molecule has 0 aromatic heterocycles. The zero-order chi connectivity index (χ0) is 28.5. The third-order valence-corrected chi connectivity index (χ3v) is 7.37. The molecular weight excluding hydrogens is 510 g/mol. The number of methoxy groups -OCH3 is 1. The van der Waals surface area contributed by atoms with Gasteiger partial charge in [0.15, 0.2) is 11.5 Å². The highest BCUT2D eigenvalue weighted by Gasteiger charge is 2.47. The molecule has 0 aliphatic carbocycles. The van der Waals surface area contributed by atoms with Gasteiger partial charge in [0.2, 0.25) is 0 Å². The molecule has 2 heterocycles. The Labute approximate surface area is 236 Å². The van der Waals surface area contributed by atoms with Crippen LogP contribution in [0, 0.1) is 0 Å². The average molecular weight is 552 g/mol. The molecule has 2 aliphatic rings. The van der Waals surface area contributed by atoms with Crippen LogP contribution in [-0.2, 0) is 14.3 Å². The zero-order valence-corrected chi connectivity index (χ0v) is 23.8. The van der Waals surface area contributed by atoms with Crippen LogP contribution in [0.2, 0.25) is 0 Å². The van der Waals surface area contributed by atoms with Crippen LogP contribution in [0.5, 0.6) is 17.2 Å². The lowest BCUT2D eigenvalue weighted by molar-refractivity contribution is -0.140. The summed E-state index contributed by atoms with van der Waals surface area (Å²) in [6.45, 7) is 6.30. The van der Waals surface area contributed by atoms with E-state index in [0.29, 0.717) is 48.2 Å². The summed E-state index contributed by atoms with van der Waals surface area (Å²) < 4.78 is 23.1. The summed E-state index contributed by atoms with van der Waals surface area (Å²) >= 11 is 0. The van der Waals surface area contributed by atoms with Crippen LogP contribution < -0.4 is 14.2 Å². The molecule has 4 rings (SSSR count). The van der Waals surface area contributed by atoms with E-state index >= 15 is 0 Å². The lowest BCUT2D eigenvalue weighted by Crippen LogP contribution is -2.36. The second-order valence-corrected chi connectivity index (χ2v) is 10.3. The molecule has 2 aromatic rings. The number of hydrogen-bond acceptors (Lipinski definition) is 7. The number of carbonyl (C=O) groups is 2. The molecule has 2 saturated heterocycles. The quantitative estimate of drug-likeness (QED) is 0.132. The molecule has 8 nitrogen and oxygen atoms in total. The first-order valence-corrected chi connectivity index (χ1v) is 14.4. The second-order valence-electron chi connectivity index (χ2n) is 10.3. The number of ketones is 1. The number of aliphatic hydroxyl groups excluding tert-OH is 1. The van der Waals surface area contributed by atoms with Gasteiger partial charge in [0.1, 0.15) is 11.5 Å². The Kier molecular flexibility index (Phi) is 10.5. The predicted octanol–water partition coefficient (Wildman–Crippen LogP) is 6.04. The van der Waals surface area contributed by atoms with E-state index in [1.807, 2.05) is 6.07 Å². The number of unbranched alkanes of at least 4 members (excludes halogenated alkanes) is 3. The van der Waals surface area contributed by atoms with Crippen molar-refractivity contribution < 1.29 is 33.6 Å². The third kappa shape index (κ3) is 6.78. The molecule has 0 bridgehead atoms. The Bertz CT molecular complexity index is 1180. The Balaban J connectivity index is 1.70. The maximum absolute atomic E-state index is 13.4. The fourth-order valence-corrected chi connectivity index (χ4v) is 5.13. The monoisotopic (exact) mass is 551 g/mol. The van der Waals surface area contributed by atoms with Crippen molar-refractivity contribution >= 4 is 17.4 Å². The lowest BCUT2D eigenvalue weighted by Gasteiger charge is -2.28. The van der Waals surface area contributed by atoms with E-state index < -0.39 is 17.7 Å². The minimum Gasteiger partial charge on any atom is -0.507 e. The third-order valence-electron chi connectivity index (χ3n) is 7.37. The van der Waals surface area contributed by atoms with Gasteiger partial charge in [0.05, 0.1) is 38.0 Å². The zero-order valence-electron chi connectivity index (χ0n) is 23.8. The summed E-state index contributed by atoms with van der Waals surface area (Å²) in [5, 5.41) is 11.4. The van der Waals surface area contributed by atoms with E-state index in [0.717, 1.165) is 44.9 Å². The number of hydrogen-bond donors (Lipinski definition) is 1. The highest BCUT2D eigenvalue weighted by Crippen LogP contribution is 2.42. The molecular formula is C32H41NO7. The topological polar surface area (TPSA) is 94.5 Å². The summed E-state index contributed by atoms with van der Waals surface area (Å²) in [6, 6.07) is 11.5. The van der Waals surface area contributed by atoms with E-state index in [-0.39, 0.29) is 24.0 Å².